The van der Waals surface area contributed by atoms with Crippen LogP contribution in [0.5, 0.6) is 0 Å². The maximum Gasteiger partial charge on any atom is 0.0580 e. The van der Waals surface area contributed by atoms with Crippen LogP contribution in [0.25, 0.3) is 0 Å². The van der Waals surface area contributed by atoms with Crippen molar-refractivity contribution >= 4 is 0 Å². The Balaban J connectivity index is 2.27. The summed E-state index contributed by atoms with van der Waals surface area (Å²) in [7, 11) is 1.96. The summed E-state index contributed by atoms with van der Waals surface area (Å²) in [4.78, 5) is 4.59. The van der Waals surface area contributed by atoms with Crippen molar-refractivity contribution in [3.8, 4) is 0 Å². The summed E-state index contributed by atoms with van der Waals surface area (Å²) >= 11 is 0. The molecule has 0 aromatic carbocycles. The van der Waals surface area contributed by atoms with Gasteiger partial charge in [-0.05, 0) is 32.0 Å². The monoisotopic (exact) mass is 206 g/mol. The summed E-state index contributed by atoms with van der Waals surface area (Å²) < 4.78 is 5.43. The van der Waals surface area contributed by atoms with E-state index in [2.05, 4.69) is 22.4 Å². The van der Waals surface area contributed by atoms with E-state index >= 15 is 0 Å². The van der Waals surface area contributed by atoms with E-state index in [1.165, 1.54) is 11.3 Å². The van der Waals surface area contributed by atoms with Gasteiger partial charge in [-0.25, -0.2) is 0 Å². The highest BCUT2D eigenvalue weighted by Crippen LogP contribution is 2.27. The van der Waals surface area contributed by atoms with Crippen LogP contribution in [0.4, 0.5) is 0 Å². The molecular weight excluding hydrogens is 188 g/mol. The lowest BCUT2D eigenvalue weighted by molar-refractivity contribution is 0.193. The lowest BCUT2D eigenvalue weighted by Gasteiger charge is -2.13. The Kier molecular flexibility index (Phi) is 3.34. The smallest absolute Gasteiger partial charge is 0.0580 e. The van der Waals surface area contributed by atoms with E-state index in [1.54, 1.807) is 0 Å². The zero-order valence-corrected chi connectivity index (χ0v) is 9.42. The molecule has 2 heterocycles. The molecule has 1 aliphatic rings. The largest absolute Gasteiger partial charge is 0.381 e. The van der Waals surface area contributed by atoms with Gasteiger partial charge in [-0.15, -0.1) is 0 Å². The van der Waals surface area contributed by atoms with E-state index < -0.39 is 0 Å². The van der Waals surface area contributed by atoms with Crippen LogP contribution in [-0.4, -0.2) is 25.2 Å². The zero-order valence-electron chi connectivity index (χ0n) is 9.42. The molecule has 0 aliphatic carbocycles. The molecule has 1 aliphatic heterocycles. The van der Waals surface area contributed by atoms with Crippen LogP contribution in [0, 0.1) is 6.92 Å². The van der Waals surface area contributed by atoms with Gasteiger partial charge < -0.3 is 10.1 Å². The highest BCUT2D eigenvalue weighted by atomic mass is 16.5. The third-order valence-corrected chi connectivity index (χ3v) is 2.86. The molecule has 1 atom stereocenters. The van der Waals surface area contributed by atoms with Crippen molar-refractivity contribution in [3.63, 3.8) is 0 Å². The molecule has 0 spiro atoms. The van der Waals surface area contributed by atoms with E-state index in [9.17, 15) is 0 Å². The molecule has 1 fully saturated rings. The van der Waals surface area contributed by atoms with Crippen molar-refractivity contribution in [2.45, 2.75) is 25.8 Å². The molecule has 0 bridgehead atoms. The van der Waals surface area contributed by atoms with Crippen LogP contribution in [0.1, 0.15) is 29.3 Å². The Hall–Kier alpha value is -0.930. The fourth-order valence-corrected chi connectivity index (χ4v) is 2.08. The van der Waals surface area contributed by atoms with Gasteiger partial charge in [0.2, 0.25) is 0 Å². The van der Waals surface area contributed by atoms with Gasteiger partial charge in [0.15, 0.2) is 0 Å². The van der Waals surface area contributed by atoms with Gasteiger partial charge in [-0.1, -0.05) is 6.07 Å². The molecule has 1 aromatic rings. The second-order valence-electron chi connectivity index (χ2n) is 4.08. The van der Waals surface area contributed by atoms with Gasteiger partial charge in [-0.2, -0.15) is 0 Å². The van der Waals surface area contributed by atoms with Gasteiger partial charge in [0, 0.05) is 24.8 Å². The van der Waals surface area contributed by atoms with Gasteiger partial charge in [0.25, 0.3) is 0 Å². The molecule has 1 saturated heterocycles. The highest BCUT2D eigenvalue weighted by molar-refractivity contribution is 5.27. The van der Waals surface area contributed by atoms with Crippen LogP contribution in [0.15, 0.2) is 12.1 Å². The Morgan fingerprint density at radius 3 is 3.07 bits per heavy atom. The Labute approximate surface area is 90.9 Å². The summed E-state index contributed by atoms with van der Waals surface area (Å²) in [5.41, 5.74) is 3.61. The second-order valence-corrected chi connectivity index (χ2v) is 4.08. The summed E-state index contributed by atoms with van der Waals surface area (Å²) in [5, 5.41) is 3.17. The average molecular weight is 206 g/mol. The Morgan fingerprint density at radius 1 is 1.53 bits per heavy atom. The van der Waals surface area contributed by atoms with Crippen molar-refractivity contribution in [1.82, 2.24) is 10.3 Å². The topological polar surface area (TPSA) is 34.2 Å². The van der Waals surface area contributed by atoms with Crippen molar-refractivity contribution in [2.24, 2.45) is 0 Å². The van der Waals surface area contributed by atoms with E-state index in [1.807, 2.05) is 14.0 Å². The Morgan fingerprint density at radius 2 is 2.40 bits per heavy atom. The second kappa shape index (κ2) is 4.73. The number of hydrogen-bond acceptors (Lipinski definition) is 3. The van der Waals surface area contributed by atoms with Crippen LogP contribution in [-0.2, 0) is 11.3 Å². The van der Waals surface area contributed by atoms with E-state index in [0.717, 1.165) is 31.9 Å². The summed E-state index contributed by atoms with van der Waals surface area (Å²) in [5.74, 6) is 0.543. The van der Waals surface area contributed by atoms with E-state index in [0.29, 0.717) is 5.92 Å². The lowest BCUT2D eigenvalue weighted by atomic mass is 9.96. The van der Waals surface area contributed by atoms with Crippen molar-refractivity contribution in [3.05, 3.63) is 29.1 Å². The van der Waals surface area contributed by atoms with Crippen LogP contribution in [0.2, 0.25) is 0 Å². The SMILES string of the molecule is CNCc1nc(C)ccc1[C@@H]1CCOC1. The minimum Gasteiger partial charge on any atom is -0.381 e. The number of nitrogens with zero attached hydrogens (tertiary/aromatic N) is 1. The van der Waals surface area contributed by atoms with Gasteiger partial charge in [0.1, 0.15) is 0 Å². The first-order valence-corrected chi connectivity index (χ1v) is 5.50. The first-order chi connectivity index (χ1) is 7.31. The minimum absolute atomic E-state index is 0.543. The number of pyridine rings is 1. The minimum atomic E-state index is 0.543. The molecule has 0 amide bonds. The first-order valence-electron chi connectivity index (χ1n) is 5.50. The summed E-state index contributed by atoms with van der Waals surface area (Å²) in [6.45, 7) is 4.61. The molecule has 82 valence electrons. The predicted octanol–water partition coefficient (Wildman–Crippen LogP) is 1.61. The summed E-state index contributed by atoms with van der Waals surface area (Å²) in [6, 6.07) is 4.29. The van der Waals surface area contributed by atoms with Crippen molar-refractivity contribution in [1.29, 1.82) is 0 Å². The predicted molar refractivity (Wildman–Crippen MR) is 59.9 cm³/mol. The third-order valence-electron chi connectivity index (χ3n) is 2.86. The fraction of sp³-hybridized carbons (Fsp3) is 0.583. The van der Waals surface area contributed by atoms with Gasteiger partial charge >= 0.3 is 0 Å². The maximum atomic E-state index is 5.43. The standard InChI is InChI=1S/C12H18N2O/c1-9-3-4-11(10-5-6-15-8-10)12(14-9)7-13-2/h3-4,10,13H,5-8H2,1-2H3/t10-/m1/s1. The normalized spacial score (nSPS) is 20.8. The number of ether oxygens (including phenoxy) is 1. The molecule has 0 saturated carbocycles. The summed E-state index contributed by atoms with van der Waals surface area (Å²) in [6.07, 6.45) is 1.13. The Bertz CT molecular complexity index is 332. The molecule has 1 aromatic heterocycles. The molecule has 15 heavy (non-hydrogen) atoms. The van der Waals surface area contributed by atoms with Crippen LogP contribution < -0.4 is 5.32 Å². The van der Waals surface area contributed by atoms with E-state index in [-0.39, 0.29) is 0 Å². The van der Waals surface area contributed by atoms with Crippen LogP contribution >= 0.6 is 0 Å². The number of aromatic nitrogens is 1. The molecule has 0 unspecified atom stereocenters. The van der Waals surface area contributed by atoms with Crippen molar-refractivity contribution in [2.75, 3.05) is 20.3 Å². The first kappa shape index (κ1) is 10.6. The molecule has 1 N–H and O–H groups in total. The number of hydrogen-bond donors (Lipinski definition) is 1. The third kappa shape index (κ3) is 2.36. The average Bonchev–Trinajstić information content (AvgIpc) is 2.71. The quantitative estimate of drug-likeness (QED) is 0.816. The lowest BCUT2D eigenvalue weighted by Crippen LogP contribution is -2.13. The molecular formula is C12H18N2O. The highest BCUT2D eigenvalue weighted by Gasteiger charge is 2.20. The molecule has 0 radical (unpaired) electrons. The van der Waals surface area contributed by atoms with Crippen LogP contribution in [0.3, 0.4) is 0 Å². The molecule has 3 nitrogen and oxygen atoms in total. The molecule has 2 rings (SSSR count). The van der Waals surface area contributed by atoms with Gasteiger partial charge in [-0.3, -0.25) is 4.98 Å². The van der Waals surface area contributed by atoms with Crippen molar-refractivity contribution < 1.29 is 4.74 Å². The van der Waals surface area contributed by atoms with E-state index in [4.69, 9.17) is 4.74 Å². The maximum absolute atomic E-state index is 5.43. The molecule has 3 heteroatoms. The number of rotatable bonds is 3. The number of aryl methyl sites for hydroxylation is 1. The number of nitrogens with one attached hydrogen (secondary N) is 1. The zero-order chi connectivity index (χ0) is 10.7. The fourth-order valence-electron chi connectivity index (χ4n) is 2.08. The van der Waals surface area contributed by atoms with Gasteiger partial charge in [0.05, 0.1) is 12.3 Å².